The molecule has 0 saturated carbocycles. The van der Waals surface area contributed by atoms with E-state index in [2.05, 4.69) is 10.1 Å². The highest BCUT2D eigenvalue weighted by atomic mass is 19.3. The van der Waals surface area contributed by atoms with Gasteiger partial charge in [0.05, 0.1) is 4.92 Å². The minimum absolute atomic E-state index is 0.0724. The first-order valence-corrected chi connectivity index (χ1v) is 7.58. The topological polar surface area (TPSA) is 108 Å². The largest absolute Gasteiger partial charge is 0.449 e. The van der Waals surface area contributed by atoms with Gasteiger partial charge in [0.15, 0.2) is 6.10 Å². The summed E-state index contributed by atoms with van der Waals surface area (Å²) in [5.41, 5.74) is -0.694. The number of esters is 1. The molecule has 27 heavy (non-hydrogen) atoms. The van der Waals surface area contributed by atoms with Gasteiger partial charge < -0.3 is 14.8 Å². The van der Waals surface area contributed by atoms with Crippen molar-refractivity contribution in [2.24, 2.45) is 0 Å². The molecule has 8 nitrogen and oxygen atoms in total. The van der Waals surface area contributed by atoms with Crippen LogP contribution in [0.4, 0.5) is 20.2 Å². The maximum Gasteiger partial charge on any atom is 0.387 e. The summed E-state index contributed by atoms with van der Waals surface area (Å²) < 4.78 is 34.0. The second kappa shape index (κ2) is 8.70. The number of benzene rings is 2. The van der Waals surface area contributed by atoms with Crippen LogP contribution in [0.3, 0.4) is 0 Å². The molecule has 1 amide bonds. The molecule has 2 aromatic carbocycles. The minimum atomic E-state index is -3.14. The summed E-state index contributed by atoms with van der Waals surface area (Å²) in [5, 5.41) is 13.2. The van der Waals surface area contributed by atoms with Crippen LogP contribution in [0.15, 0.2) is 48.5 Å². The average molecular weight is 380 g/mol. The summed E-state index contributed by atoms with van der Waals surface area (Å²) in [7, 11) is 0. The highest BCUT2D eigenvalue weighted by molar-refractivity contribution is 5.99. The van der Waals surface area contributed by atoms with Gasteiger partial charge in [-0.25, -0.2) is 4.79 Å². The SMILES string of the molecule is C[C@H](OC(=O)c1ccccc1OC(F)F)C(=O)Nc1ccccc1[N+](=O)[O-]. The quantitative estimate of drug-likeness (QED) is 0.448. The Morgan fingerprint density at radius 3 is 2.41 bits per heavy atom. The molecular weight excluding hydrogens is 366 g/mol. The molecule has 0 aliphatic rings. The maximum atomic E-state index is 12.4. The van der Waals surface area contributed by atoms with Gasteiger partial charge in [-0.1, -0.05) is 24.3 Å². The van der Waals surface area contributed by atoms with Crippen molar-refractivity contribution in [3.8, 4) is 5.75 Å². The van der Waals surface area contributed by atoms with Crippen LogP contribution in [-0.4, -0.2) is 29.5 Å². The summed E-state index contributed by atoms with van der Waals surface area (Å²) in [6, 6.07) is 10.6. The molecule has 0 saturated heterocycles. The number of nitro groups is 1. The van der Waals surface area contributed by atoms with Gasteiger partial charge >= 0.3 is 12.6 Å². The molecule has 0 aliphatic carbocycles. The Bertz CT molecular complexity index is 859. The molecule has 0 aliphatic heterocycles. The number of nitrogens with one attached hydrogen (secondary N) is 1. The fraction of sp³-hybridized carbons (Fsp3) is 0.176. The molecule has 1 atom stereocenters. The Morgan fingerprint density at radius 2 is 1.74 bits per heavy atom. The van der Waals surface area contributed by atoms with E-state index in [0.717, 1.165) is 6.07 Å². The van der Waals surface area contributed by atoms with E-state index in [1.165, 1.54) is 49.4 Å². The summed E-state index contributed by atoms with van der Waals surface area (Å²) in [5.74, 6) is -2.29. The number of alkyl halides is 2. The number of carbonyl (C=O) groups is 2. The van der Waals surface area contributed by atoms with E-state index < -0.39 is 35.3 Å². The Hall–Kier alpha value is -3.56. The number of nitrogens with zero attached hydrogens (tertiary/aromatic N) is 1. The van der Waals surface area contributed by atoms with Crippen LogP contribution < -0.4 is 10.1 Å². The highest BCUT2D eigenvalue weighted by Crippen LogP contribution is 2.24. The molecule has 0 unspecified atom stereocenters. The van der Waals surface area contributed by atoms with Crippen molar-refractivity contribution >= 4 is 23.3 Å². The maximum absolute atomic E-state index is 12.4. The Morgan fingerprint density at radius 1 is 1.11 bits per heavy atom. The lowest BCUT2D eigenvalue weighted by atomic mass is 10.2. The van der Waals surface area contributed by atoms with Gasteiger partial charge in [-0.2, -0.15) is 8.78 Å². The third-order valence-corrected chi connectivity index (χ3v) is 3.33. The smallest absolute Gasteiger partial charge is 0.387 e. The predicted molar refractivity (Wildman–Crippen MR) is 89.7 cm³/mol. The van der Waals surface area contributed by atoms with Crippen molar-refractivity contribution in [3.63, 3.8) is 0 Å². The average Bonchev–Trinajstić information content (AvgIpc) is 2.61. The Kier molecular flexibility index (Phi) is 6.36. The molecule has 0 spiro atoms. The first-order chi connectivity index (χ1) is 12.8. The van der Waals surface area contributed by atoms with Crippen LogP contribution in [0, 0.1) is 10.1 Å². The van der Waals surface area contributed by atoms with E-state index in [9.17, 15) is 28.5 Å². The number of nitro benzene ring substituents is 1. The monoisotopic (exact) mass is 380 g/mol. The minimum Gasteiger partial charge on any atom is -0.449 e. The van der Waals surface area contributed by atoms with Gasteiger partial charge in [-0.15, -0.1) is 0 Å². The fourth-order valence-electron chi connectivity index (χ4n) is 2.08. The number of carbonyl (C=O) groups excluding carboxylic acids is 2. The molecule has 0 radical (unpaired) electrons. The molecule has 0 fully saturated rings. The number of anilines is 1. The number of amides is 1. The van der Waals surface area contributed by atoms with Crippen molar-refractivity contribution in [1.82, 2.24) is 0 Å². The van der Waals surface area contributed by atoms with E-state index in [-0.39, 0.29) is 16.9 Å². The van der Waals surface area contributed by atoms with Gasteiger partial charge in [0, 0.05) is 6.07 Å². The van der Waals surface area contributed by atoms with Crippen LogP contribution in [-0.2, 0) is 9.53 Å². The lowest BCUT2D eigenvalue weighted by Gasteiger charge is -2.15. The van der Waals surface area contributed by atoms with Crippen LogP contribution in [0.2, 0.25) is 0 Å². The number of rotatable bonds is 7. The van der Waals surface area contributed by atoms with Gasteiger partial charge in [0.2, 0.25) is 0 Å². The van der Waals surface area contributed by atoms with Gasteiger partial charge in [0.25, 0.3) is 11.6 Å². The zero-order valence-corrected chi connectivity index (χ0v) is 13.9. The van der Waals surface area contributed by atoms with E-state index in [0.29, 0.717) is 0 Å². The fourth-order valence-corrected chi connectivity index (χ4v) is 2.08. The van der Waals surface area contributed by atoms with E-state index >= 15 is 0 Å². The third kappa shape index (κ3) is 5.21. The lowest BCUT2D eigenvalue weighted by molar-refractivity contribution is -0.383. The zero-order valence-electron chi connectivity index (χ0n) is 13.9. The van der Waals surface area contributed by atoms with E-state index in [1.54, 1.807) is 0 Å². The Labute approximate surface area is 151 Å². The van der Waals surface area contributed by atoms with Crippen LogP contribution in [0.25, 0.3) is 0 Å². The van der Waals surface area contributed by atoms with Gasteiger partial charge in [0.1, 0.15) is 17.0 Å². The third-order valence-electron chi connectivity index (χ3n) is 3.33. The molecule has 0 aromatic heterocycles. The first-order valence-electron chi connectivity index (χ1n) is 7.58. The first kappa shape index (κ1) is 19.8. The highest BCUT2D eigenvalue weighted by Gasteiger charge is 2.24. The molecule has 0 bridgehead atoms. The van der Waals surface area contributed by atoms with Crippen molar-refractivity contribution in [3.05, 3.63) is 64.2 Å². The van der Waals surface area contributed by atoms with Crippen LogP contribution >= 0.6 is 0 Å². The van der Waals surface area contributed by atoms with Crippen molar-refractivity contribution in [2.75, 3.05) is 5.32 Å². The molecule has 2 rings (SSSR count). The van der Waals surface area contributed by atoms with Crippen molar-refractivity contribution < 1.29 is 32.8 Å². The molecule has 1 N–H and O–H groups in total. The Balaban J connectivity index is 2.09. The van der Waals surface area contributed by atoms with Gasteiger partial charge in [-0.3, -0.25) is 14.9 Å². The second-order valence-electron chi connectivity index (χ2n) is 5.19. The molecule has 0 heterocycles. The predicted octanol–water partition coefficient (Wildman–Crippen LogP) is 3.38. The number of hydrogen-bond acceptors (Lipinski definition) is 6. The number of ether oxygens (including phenoxy) is 2. The summed E-state index contributed by atoms with van der Waals surface area (Å²) in [6.45, 7) is -1.91. The summed E-state index contributed by atoms with van der Waals surface area (Å²) in [4.78, 5) is 34.6. The van der Waals surface area contributed by atoms with E-state index in [1.807, 2.05) is 0 Å². The van der Waals surface area contributed by atoms with Crippen LogP contribution in [0.5, 0.6) is 5.75 Å². The molecule has 142 valence electrons. The molecular formula is C17H14F2N2O6. The summed E-state index contributed by atoms with van der Waals surface area (Å²) in [6.07, 6.45) is -1.35. The van der Waals surface area contributed by atoms with Crippen LogP contribution in [0.1, 0.15) is 17.3 Å². The summed E-state index contributed by atoms with van der Waals surface area (Å²) >= 11 is 0. The zero-order chi connectivity index (χ0) is 20.0. The van der Waals surface area contributed by atoms with Crippen molar-refractivity contribution in [2.45, 2.75) is 19.6 Å². The lowest BCUT2D eigenvalue weighted by Crippen LogP contribution is -2.30. The normalized spacial score (nSPS) is 11.6. The van der Waals surface area contributed by atoms with Gasteiger partial charge in [-0.05, 0) is 25.1 Å². The number of hydrogen-bond donors (Lipinski definition) is 1. The number of para-hydroxylation sites is 3. The molecule has 10 heteroatoms. The van der Waals surface area contributed by atoms with E-state index in [4.69, 9.17) is 4.74 Å². The molecule has 2 aromatic rings. The number of halogens is 2. The second-order valence-corrected chi connectivity index (χ2v) is 5.19. The van der Waals surface area contributed by atoms with Crippen molar-refractivity contribution in [1.29, 1.82) is 0 Å². The standard InChI is InChI=1S/C17H14F2N2O6/c1-10(15(22)20-12-7-3-4-8-13(12)21(24)25)26-16(23)11-6-2-5-9-14(11)27-17(18)19/h2-10,17H,1H3,(H,20,22)/t10-/m0/s1.